The van der Waals surface area contributed by atoms with Crippen LogP contribution in [0.3, 0.4) is 0 Å². The van der Waals surface area contributed by atoms with E-state index in [1.165, 1.54) is 17.4 Å². The van der Waals surface area contributed by atoms with Crippen molar-refractivity contribution in [2.75, 3.05) is 0 Å². The minimum Gasteiger partial charge on any atom is -0.0860 e. The molecule has 0 aromatic heterocycles. The van der Waals surface area contributed by atoms with E-state index < -0.39 is 0 Å². The Kier molecular flexibility index (Phi) is 2.75. The molecular weight excluding hydrogens is 131 g/mol. The summed E-state index contributed by atoms with van der Waals surface area (Å²) in [5.74, 6) is 0. The van der Waals surface area contributed by atoms with E-state index in [0.29, 0.717) is 0 Å². The lowest BCUT2D eigenvalue weighted by atomic mass is 9.51. The Labute approximate surface area is 69.7 Å². The van der Waals surface area contributed by atoms with Crippen LogP contribution in [0.4, 0.5) is 0 Å². The van der Waals surface area contributed by atoms with Gasteiger partial charge in [0.2, 0.25) is 0 Å². The Balaban J connectivity index is 2.66. The maximum atomic E-state index is 2.25. The van der Waals surface area contributed by atoms with Crippen molar-refractivity contribution in [1.82, 2.24) is 0 Å². The standard InChI is InChI=1S/C10H15B/c1-9-4-6-10(7-5-9)8-11(2)3/h4-7H,8H2,1-3H3. The minimum absolute atomic E-state index is 0.762. The topological polar surface area (TPSA) is 0 Å². The molecule has 0 bridgehead atoms. The summed E-state index contributed by atoms with van der Waals surface area (Å²) in [5.41, 5.74) is 2.79. The highest BCUT2D eigenvalue weighted by atomic mass is 13.9. The van der Waals surface area contributed by atoms with E-state index in [1.807, 2.05) is 0 Å². The second-order valence-electron chi connectivity index (χ2n) is 3.58. The zero-order valence-electron chi connectivity index (χ0n) is 7.59. The van der Waals surface area contributed by atoms with Gasteiger partial charge in [-0.25, -0.2) is 0 Å². The first kappa shape index (κ1) is 8.38. The van der Waals surface area contributed by atoms with Crippen molar-refractivity contribution >= 4 is 6.71 Å². The van der Waals surface area contributed by atoms with Crippen LogP contribution < -0.4 is 0 Å². The van der Waals surface area contributed by atoms with Crippen molar-refractivity contribution in [2.24, 2.45) is 0 Å². The number of hydrogen-bond acceptors (Lipinski definition) is 0. The van der Waals surface area contributed by atoms with Crippen LogP contribution in [0.2, 0.25) is 13.6 Å². The maximum Gasteiger partial charge on any atom is 0.138 e. The molecule has 1 rings (SSSR count). The van der Waals surface area contributed by atoms with Crippen LogP contribution >= 0.6 is 0 Å². The molecule has 0 saturated heterocycles. The van der Waals surface area contributed by atoms with Gasteiger partial charge in [-0.2, -0.15) is 0 Å². The molecular formula is C10H15B. The van der Waals surface area contributed by atoms with Gasteiger partial charge in [-0.05, 0) is 13.2 Å². The summed E-state index contributed by atoms with van der Waals surface area (Å²) in [6.07, 6.45) is 1.19. The monoisotopic (exact) mass is 146 g/mol. The lowest BCUT2D eigenvalue weighted by Gasteiger charge is -2.01. The first-order valence-corrected chi connectivity index (χ1v) is 4.24. The summed E-state index contributed by atoms with van der Waals surface area (Å²) < 4.78 is 0. The summed E-state index contributed by atoms with van der Waals surface area (Å²) in [5, 5.41) is 0. The average Bonchev–Trinajstić information content (AvgIpc) is 1.93. The fourth-order valence-corrected chi connectivity index (χ4v) is 1.20. The van der Waals surface area contributed by atoms with Crippen LogP contribution in [0.5, 0.6) is 0 Å². The fraction of sp³-hybridized carbons (Fsp3) is 0.400. The molecule has 1 heteroatoms. The first-order valence-electron chi connectivity index (χ1n) is 4.24. The Morgan fingerprint density at radius 1 is 1.09 bits per heavy atom. The van der Waals surface area contributed by atoms with Gasteiger partial charge < -0.3 is 0 Å². The van der Waals surface area contributed by atoms with Crippen LogP contribution in [-0.4, -0.2) is 6.71 Å². The molecule has 0 heterocycles. The summed E-state index contributed by atoms with van der Waals surface area (Å²) in [4.78, 5) is 0. The molecule has 11 heavy (non-hydrogen) atoms. The van der Waals surface area contributed by atoms with E-state index in [2.05, 4.69) is 44.8 Å². The average molecular weight is 146 g/mol. The van der Waals surface area contributed by atoms with Crippen molar-refractivity contribution in [3.63, 3.8) is 0 Å². The van der Waals surface area contributed by atoms with Crippen LogP contribution in [-0.2, 0) is 6.32 Å². The summed E-state index contributed by atoms with van der Waals surface area (Å²) >= 11 is 0. The van der Waals surface area contributed by atoms with Crippen molar-refractivity contribution in [3.05, 3.63) is 35.4 Å². The predicted octanol–water partition coefficient (Wildman–Crippen LogP) is 2.83. The van der Waals surface area contributed by atoms with E-state index in [1.54, 1.807) is 0 Å². The van der Waals surface area contributed by atoms with Gasteiger partial charge in [0.15, 0.2) is 0 Å². The highest BCUT2D eigenvalue weighted by molar-refractivity contribution is 6.55. The van der Waals surface area contributed by atoms with Gasteiger partial charge in [-0.3, -0.25) is 0 Å². The predicted molar refractivity (Wildman–Crippen MR) is 52.4 cm³/mol. The Bertz CT molecular complexity index is 211. The molecule has 0 saturated carbocycles. The number of aryl methyl sites for hydroxylation is 1. The van der Waals surface area contributed by atoms with Crippen LogP contribution in [0.15, 0.2) is 24.3 Å². The van der Waals surface area contributed by atoms with Gasteiger partial charge in [0.05, 0.1) is 0 Å². The van der Waals surface area contributed by atoms with Crippen molar-refractivity contribution in [1.29, 1.82) is 0 Å². The number of hydrogen-bond donors (Lipinski definition) is 0. The Morgan fingerprint density at radius 3 is 2.09 bits per heavy atom. The van der Waals surface area contributed by atoms with E-state index in [9.17, 15) is 0 Å². The molecule has 1 aromatic rings. The second-order valence-corrected chi connectivity index (χ2v) is 3.58. The van der Waals surface area contributed by atoms with Gasteiger partial charge in [-0.15, -0.1) is 0 Å². The molecule has 0 radical (unpaired) electrons. The van der Waals surface area contributed by atoms with Gasteiger partial charge in [0, 0.05) is 0 Å². The Hall–Kier alpha value is -0.715. The van der Waals surface area contributed by atoms with Crippen LogP contribution in [0.1, 0.15) is 11.1 Å². The van der Waals surface area contributed by atoms with Crippen LogP contribution in [0, 0.1) is 6.92 Å². The third-order valence-corrected chi connectivity index (χ3v) is 1.76. The second kappa shape index (κ2) is 3.61. The normalized spacial score (nSPS) is 9.73. The Morgan fingerprint density at radius 2 is 1.64 bits per heavy atom. The minimum atomic E-state index is 0.762. The molecule has 0 atom stereocenters. The molecule has 0 spiro atoms. The number of benzene rings is 1. The highest BCUT2D eigenvalue weighted by Crippen LogP contribution is 2.05. The van der Waals surface area contributed by atoms with Crippen molar-refractivity contribution < 1.29 is 0 Å². The van der Waals surface area contributed by atoms with E-state index >= 15 is 0 Å². The van der Waals surface area contributed by atoms with Gasteiger partial charge in [0.1, 0.15) is 6.71 Å². The van der Waals surface area contributed by atoms with Gasteiger partial charge in [0.25, 0.3) is 0 Å². The molecule has 0 nitrogen and oxygen atoms in total. The molecule has 1 aromatic carbocycles. The SMILES string of the molecule is CB(C)Cc1ccc(C)cc1. The van der Waals surface area contributed by atoms with Gasteiger partial charge in [-0.1, -0.05) is 49.0 Å². The number of rotatable bonds is 2. The molecule has 0 aliphatic heterocycles. The van der Waals surface area contributed by atoms with E-state index in [0.717, 1.165) is 6.71 Å². The van der Waals surface area contributed by atoms with E-state index in [4.69, 9.17) is 0 Å². The maximum absolute atomic E-state index is 2.25. The molecule has 0 N–H and O–H groups in total. The fourth-order valence-electron chi connectivity index (χ4n) is 1.20. The molecule has 58 valence electrons. The van der Waals surface area contributed by atoms with Gasteiger partial charge >= 0.3 is 0 Å². The third kappa shape index (κ3) is 2.79. The molecule has 0 unspecified atom stereocenters. The molecule has 0 fully saturated rings. The lowest BCUT2D eigenvalue weighted by molar-refractivity contribution is 1.32. The smallest absolute Gasteiger partial charge is 0.0860 e. The largest absolute Gasteiger partial charge is 0.138 e. The zero-order valence-corrected chi connectivity index (χ0v) is 7.59. The zero-order chi connectivity index (χ0) is 8.27. The molecule has 0 aliphatic rings. The van der Waals surface area contributed by atoms with Crippen molar-refractivity contribution in [2.45, 2.75) is 26.9 Å². The van der Waals surface area contributed by atoms with E-state index in [-0.39, 0.29) is 0 Å². The van der Waals surface area contributed by atoms with Crippen LogP contribution in [0.25, 0.3) is 0 Å². The first-order chi connectivity index (χ1) is 5.18. The molecule has 0 amide bonds. The molecule has 0 aliphatic carbocycles. The summed E-state index contributed by atoms with van der Waals surface area (Å²) in [6.45, 7) is 7.39. The third-order valence-electron chi connectivity index (χ3n) is 1.76. The van der Waals surface area contributed by atoms with Crippen molar-refractivity contribution in [3.8, 4) is 0 Å². The summed E-state index contributed by atoms with van der Waals surface area (Å²) in [7, 11) is 0. The lowest BCUT2D eigenvalue weighted by Crippen LogP contribution is -2.04. The quantitative estimate of drug-likeness (QED) is 0.562. The highest BCUT2D eigenvalue weighted by Gasteiger charge is 1.99. The summed E-state index contributed by atoms with van der Waals surface area (Å²) in [6, 6.07) is 8.79.